The molecule has 0 spiro atoms. The number of ether oxygens (including phenoxy) is 1. The maximum atomic E-state index is 11.2. The number of nitrogens with two attached hydrogens (primary N) is 1. The zero-order chi connectivity index (χ0) is 12.3. The van der Waals surface area contributed by atoms with Crippen LogP contribution < -0.4 is 5.73 Å². The van der Waals surface area contributed by atoms with Crippen molar-refractivity contribution in [3.05, 3.63) is 0 Å². The van der Waals surface area contributed by atoms with Crippen LogP contribution in [0.25, 0.3) is 0 Å². The zero-order valence-corrected chi connectivity index (χ0v) is 9.01. The Morgan fingerprint density at radius 2 is 2.00 bits per heavy atom. The van der Waals surface area contributed by atoms with Crippen LogP contribution in [0, 0.1) is 5.92 Å². The van der Waals surface area contributed by atoms with Gasteiger partial charge in [-0.05, 0) is 12.3 Å². The fourth-order valence-electron chi connectivity index (χ4n) is 1.82. The van der Waals surface area contributed by atoms with Crippen molar-refractivity contribution in [3.8, 4) is 0 Å². The van der Waals surface area contributed by atoms with E-state index in [9.17, 15) is 14.4 Å². The van der Waals surface area contributed by atoms with Crippen molar-refractivity contribution in [2.24, 2.45) is 11.7 Å². The molecular weight excluding hydrogens is 214 g/mol. The number of esters is 1. The SMILES string of the molecule is COC(=O)C(N)CC1CC(=O)C(O)C(=O)C1. The third-order valence-corrected chi connectivity index (χ3v) is 2.68. The predicted octanol–water partition coefficient (Wildman–Crippen LogP) is -1.21. The minimum atomic E-state index is -1.49. The van der Waals surface area contributed by atoms with Crippen LogP contribution in [-0.4, -0.2) is 41.9 Å². The lowest BCUT2D eigenvalue weighted by molar-refractivity contribution is -0.146. The summed E-state index contributed by atoms with van der Waals surface area (Å²) in [6, 6.07) is -0.828. The van der Waals surface area contributed by atoms with Crippen molar-refractivity contribution in [1.82, 2.24) is 0 Å². The maximum absolute atomic E-state index is 11.2. The molecule has 90 valence electrons. The average molecular weight is 229 g/mol. The molecule has 16 heavy (non-hydrogen) atoms. The van der Waals surface area contributed by atoms with Gasteiger partial charge in [-0.25, -0.2) is 0 Å². The van der Waals surface area contributed by atoms with Crippen molar-refractivity contribution in [2.45, 2.75) is 31.4 Å². The molecule has 0 saturated heterocycles. The van der Waals surface area contributed by atoms with Crippen LogP contribution >= 0.6 is 0 Å². The standard InChI is InChI=1S/C10H15NO5/c1-16-10(15)6(11)2-5-3-7(12)9(14)8(13)4-5/h5-6,9,14H,2-4,11H2,1H3. The fourth-order valence-corrected chi connectivity index (χ4v) is 1.82. The summed E-state index contributed by atoms with van der Waals surface area (Å²) in [5, 5.41) is 9.13. The zero-order valence-electron chi connectivity index (χ0n) is 9.01. The van der Waals surface area contributed by atoms with Crippen LogP contribution in [-0.2, 0) is 19.1 Å². The van der Waals surface area contributed by atoms with Gasteiger partial charge in [-0.1, -0.05) is 0 Å². The van der Waals surface area contributed by atoms with Gasteiger partial charge in [0.05, 0.1) is 7.11 Å². The van der Waals surface area contributed by atoms with Crippen molar-refractivity contribution in [2.75, 3.05) is 7.11 Å². The van der Waals surface area contributed by atoms with Crippen LogP contribution in [0.2, 0.25) is 0 Å². The van der Waals surface area contributed by atoms with Crippen LogP contribution in [0.15, 0.2) is 0 Å². The van der Waals surface area contributed by atoms with Gasteiger partial charge in [0.2, 0.25) is 0 Å². The largest absolute Gasteiger partial charge is 0.468 e. The van der Waals surface area contributed by atoms with Crippen LogP contribution in [0.1, 0.15) is 19.3 Å². The lowest BCUT2D eigenvalue weighted by Crippen LogP contribution is -2.41. The van der Waals surface area contributed by atoms with Crippen molar-refractivity contribution >= 4 is 17.5 Å². The van der Waals surface area contributed by atoms with Crippen molar-refractivity contribution < 1.29 is 24.2 Å². The Hall–Kier alpha value is -1.27. The second kappa shape index (κ2) is 5.18. The van der Waals surface area contributed by atoms with E-state index in [0.29, 0.717) is 0 Å². The Morgan fingerprint density at radius 1 is 1.50 bits per heavy atom. The molecule has 0 bridgehead atoms. The molecule has 6 nitrogen and oxygen atoms in total. The summed E-state index contributed by atoms with van der Waals surface area (Å²) in [4.78, 5) is 33.5. The van der Waals surface area contributed by atoms with Gasteiger partial charge in [0.15, 0.2) is 17.7 Å². The molecule has 1 unspecified atom stereocenters. The topological polar surface area (TPSA) is 107 Å². The Morgan fingerprint density at radius 3 is 2.44 bits per heavy atom. The van der Waals surface area contributed by atoms with Gasteiger partial charge in [0, 0.05) is 12.8 Å². The Balaban J connectivity index is 2.54. The summed E-state index contributed by atoms with van der Waals surface area (Å²) in [5.41, 5.74) is 5.52. The van der Waals surface area contributed by atoms with Crippen LogP contribution in [0.4, 0.5) is 0 Å². The van der Waals surface area contributed by atoms with Gasteiger partial charge < -0.3 is 15.6 Å². The molecule has 0 aromatic carbocycles. The normalized spacial score (nSPS) is 27.7. The first kappa shape index (κ1) is 12.8. The summed E-state index contributed by atoms with van der Waals surface area (Å²) >= 11 is 0. The number of hydrogen-bond donors (Lipinski definition) is 2. The molecule has 6 heteroatoms. The highest BCUT2D eigenvalue weighted by Gasteiger charge is 2.35. The number of hydrogen-bond acceptors (Lipinski definition) is 6. The Labute approximate surface area is 92.8 Å². The van der Waals surface area contributed by atoms with E-state index in [2.05, 4.69) is 4.74 Å². The quantitative estimate of drug-likeness (QED) is 0.464. The van der Waals surface area contributed by atoms with E-state index >= 15 is 0 Å². The second-order valence-corrected chi connectivity index (χ2v) is 3.97. The Bertz CT molecular complexity index is 296. The van der Waals surface area contributed by atoms with Crippen molar-refractivity contribution in [3.63, 3.8) is 0 Å². The van der Waals surface area contributed by atoms with E-state index in [1.165, 1.54) is 7.11 Å². The third kappa shape index (κ3) is 2.86. The minimum absolute atomic E-state index is 0.0810. The first-order chi connectivity index (χ1) is 7.45. The van der Waals surface area contributed by atoms with E-state index in [-0.39, 0.29) is 25.2 Å². The summed E-state index contributed by atoms with van der Waals surface area (Å²) in [5.74, 6) is -1.85. The molecule has 0 radical (unpaired) electrons. The lowest BCUT2D eigenvalue weighted by Gasteiger charge is -2.24. The van der Waals surface area contributed by atoms with E-state index in [0.717, 1.165) is 0 Å². The van der Waals surface area contributed by atoms with E-state index in [1.54, 1.807) is 0 Å². The number of carbonyl (C=O) groups is 3. The lowest BCUT2D eigenvalue weighted by atomic mass is 9.82. The number of aliphatic hydroxyl groups is 1. The first-order valence-electron chi connectivity index (χ1n) is 5.02. The summed E-state index contributed by atoms with van der Waals surface area (Å²) in [7, 11) is 1.23. The average Bonchev–Trinajstić information content (AvgIpc) is 2.24. The monoisotopic (exact) mass is 229 g/mol. The number of ketones is 2. The van der Waals surface area contributed by atoms with Crippen LogP contribution in [0.3, 0.4) is 0 Å². The maximum Gasteiger partial charge on any atom is 0.322 e. The molecular formula is C10H15NO5. The number of rotatable bonds is 3. The van der Waals surface area contributed by atoms with Gasteiger partial charge >= 0.3 is 5.97 Å². The first-order valence-corrected chi connectivity index (χ1v) is 5.02. The second-order valence-electron chi connectivity index (χ2n) is 3.97. The molecule has 1 rings (SSSR count). The smallest absolute Gasteiger partial charge is 0.322 e. The van der Waals surface area contributed by atoms with Crippen LogP contribution in [0.5, 0.6) is 0 Å². The molecule has 1 fully saturated rings. The van der Waals surface area contributed by atoms with E-state index in [4.69, 9.17) is 10.8 Å². The molecule has 1 atom stereocenters. The fraction of sp³-hybridized carbons (Fsp3) is 0.700. The molecule has 1 aliphatic rings. The predicted molar refractivity (Wildman–Crippen MR) is 53.4 cm³/mol. The molecule has 1 aliphatic carbocycles. The Kier molecular flexibility index (Phi) is 4.14. The minimum Gasteiger partial charge on any atom is -0.468 e. The molecule has 1 saturated carbocycles. The van der Waals surface area contributed by atoms with Gasteiger partial charge in [0.25, 0.3) is 0 Å². The molecule has 0 aromatic rings. The summed E-state index contributed by atoms with van der Waals surface area (Å²) in [6.45, 7) is 0. The molecule has 0 amide bonds. The highest BCUT2D eigenvalue weighted by Crippen LogP contribution is 2.23. The number of carbonyl (C=O) groups excluding carboxylic acids is 3. The van der Waals surface area contributed by atoms with Crippen molar-refractivity contribution in [1.29, 1.82) is 0 Å². The summed E-state index contributed by atoms with van der Waals surface area (Å²) in [6.07, 6.45) is -1.11. The van der Waals surface area contributed by atoms with Gasteiger partial charge in [-0.15, -0.1) is 0 Å². The highest BCUT2D eigenvalue weighted by molar-refractivity contribution is 6.07. The highest BCUT2D eigenvalue weighted by atomic mass is 16.5. The molecule has 0 heterocycles. The molecule has 0 aliphatic heterocycles. The number of aliphatic hydroxyl groups excluding tert-OH is 1. The van der Waals surface area contributed by atoms with Gasteiger partial charge in [-0.2, -0.15) is 0 Å². The van der Waals surface area contributed by atoms with Gasteiger partial charge in [-0.3, -0.25) is 14.4 Å². The van der Waals surface area contributed by atoms with E-state index < -0.39 is 29.7 Å². The molecule has 3 N–H and O–H groups in total. The van der Waals surface area contributed by atoms with Gasteiger partial charge in [0.1, 0.15) is 6.04 Å². The summed E-state index contributed by atoms with van der Waals surface area (Å²) < 4.78 is 4.45. The number of Topliss-reactive ketones (excluding diaryl/α,β-unsaturated/α-hetero) is 2. The van der Waals surface area contributed by atoms with E-state index in [1.807, 2.05) is 0 Å². The number of methoxy groups -OCH3 is 1. The molecule has 0 aromatic heterocycles. The third-order valence-electron chi connectivity index (χ3n) is 2.68.